The average Bonchev–Trinajstić information content (AvgIpc) is 3.21. The number of benzene rings is 6. The smallest absolute Gasteiger partial charge is 0.298 e. The number of hydrogen-bond acceptors (Lipinski definition) is 8. The second kappa shape index (κ2) is 19.0. The van der Waals surface area contributed by atoms with Crippen LogP contribution in [0.2, 0.25) is 0 Å². The summed E-state index contributed by atoms with van der Waals surface area (Å²) < 4.78 is 44.6. The first-order valence-corrected chi connectivity index (χ1v) is 19.1. The SMILES string of the molecule is Nc1ccc(Br)c2ccccc12.O=C(Nc1ccc(Br)c2ccccc12)c1cc(F)cc(N2CCOCC2)c1.O=COc1cc(F)cc(N2CCOCC2)c1. The third-order valence-corrected chi connectivity index (χ3v) is 10.3. The third-order valence-electron chi connectivity index (χ3n) is 8.96. The molecule has 6 aromatic carbocycles. The van der Waals surface area contributed by atoms with E-state index in [1.54, 1.807) is 12.1 Å². The summed E-state index contributed by atoms with van der Waals surface area (Å²) in [7, 11) is 0. The predicted octanol–water partition coefficient (Wildman–Crippen LogP) is 9.21. The van der Waals surface area contributed by atoms with Gasteiger partial charge in [0.1, 0.15) is 17.4 Å². The molecule has 2 saturated heterocycles. The van der Waals surface area contributed by atoms with E-state index in [1.165, 1.54) is 24.3 Å². The van der Waals surface area contributed by atoms with Crippen molar-refractivity contribution in [2.75, 3.05) is 73.5 Å². The molecule has 2 fully saturated rings. The molecule has 0 aromatic heterocycles. The number of rotatable bonds is 6. The summed E-state index contributed by atoms with van der Waals surface area (Å²) in [5.74, 6) is -0.960. The van der Waals surface area contributed by atoms with Crippen LogP contribution < -0.4 is 25.6 Å². The first kappa shape index (κ1) is 39.6. The second-order valence-electron chi connectivity index (χ2n) is 12.5. The van der Waals surface area contributed by atoms with Crippen molar-refractivity contribution in [3.05, 3.63) is 135 Å². The first-order valence-electron chi connectivity index (χ1n) is 17.5. The Hall–Kier alpha value is -5.08. The molecule has 2 aliphatic heterocycles. The number of nitrogens with two attached hydrogens (primary N) is 1. The van der Waals surface area contributed by atoms with Crippen LogP contribution in [0, 0.1) is 11.6 Å². The third kappa shape index (κ3) is 10.4. The van der Waals surface area contributed by atoms with Crippen molar-refractivity contribution in [3.63, 3.8) is 0 Å². The molecular formula is C42H38Br2F2N4O5. The van der Waals surface area contributed by atoms with Crippen LogP contribution in [0.4, 0.5) is 31.5 Å². The lowest BCUT2D eigenvalue weighted by Gasteiger charge is -2.29. The van der Waals surface area contributed by atoms with Crippen LogP contribution in [-0.2, 0) is 14.3 Å². The quantitative estimate of drug-likeness (QED) is 0.126. The van der Waals surface area contributed by atoms with E-state index in [-0.39, 0.29) is 18.1 Å². The van der Waals surface area contributed by atoms with Crippen molar-refractivity contribution in [2.45, 2.75) is 0 Å². The molecule has 2 aliphatic rings. The molecule has 284 valence electrons. The maximum atomic E-state index is 14.1. The van der Waals surface area contributed by atoms with Crippen LogP contribution in [0.15, 0.2) is 118 Å². The Morgan fingerprint density at radius 3 is 1.76 bits per heavy atom. The zero-order chi connectivity index (χ0) is 38.7. The van der Waals surface area contributed by atoms with E-state index in [9.17, 15) is 18.4 Å². The van der Waals surface area contributed by atoms with Gasteiger partial charge < -0.3 is 35.1 Å². The largest absolute Gasteiger partial charge is 0.429 e. The second-order valence-corrected chi connectivity index (χ2v) is 14.2. The van der Waals surface area contributed by atoms with Crippen LogP contribution in [0.25, 0.3) is 21.5 Å². The first-order chi connectivity index (χ1) is 26.7. The van der Waals surface area contributed by atoms with Gasteiger partial charge >= 0.3 is 0 Å². The molecule has 0 aliphatic carbocycles. The highest BCUT2D eigenvalue weighted by Crippen LogP contribution is 2.31. The highest BCUT2D eigenvalue weighted by Gasteiger charge is 2.17. The van der Waals surface area contributed by atoms with Crippen molar-refractivity contribution in [1.82, 2.24) is 0 Å². The fourth-order valence-electron chi connectivity index (χ4n) is 6.24. The number of nitrogen functional groups attached to an aromatic ring is 1. The maximum Gasteiger partial charge on any atom is 0.298 e. The molecular weight excluding hydrogens is 838 g/mol. The molecule has 0 radical (unpaired) electrons. The minimum Gasteiger partial charge on any atom is -0.429 e. The number of carbonyl (C=O) groups excluding carboxylic acids is 2. The molecule has 0 bridgehead atoms. The molecule has 3 N–H and O–H groups in total. The fraction of sp³-hybridized carbons (Fsp3) is 0.190. The average molecular weight is 877 g/mol. The van der Waals surface area contributed by atoms with Gasteiger partial charge in [-0.1, -0.05) is 80.4 Å². The van der Waals surface area contributed by atoms with Crippen LogP contribution in [0.3, 0.4) is 0 Å². The predicted molar refractivity (Wildman–Crippen MR) is 221 cm³/mol. The Morgan fingerprint density at radius 2 is 1.18 bits per heavy atom. The standard InChI is InChI=1S/C21H18BrFN2O2.C11H12FNO3.C10H8BrN/c22-19-5-6-20(18-4-2-1-3-17(18)19)24-21(26)14-11-15(23)13-16(12-14)25-7-9-27-10-8-25;12-9-5-10(7-11(6-9)16-8-14)13-1-3-15-4-2-13;11-9-5-6-10(12)8-4-2-1-3-7(8)9/h1-6,11-13H,7-10H2,(H,24,26);5-8H,1-4H2;1-6H,12H2. The van der Waals surface area contributed by atoms with E-state index < -0.39 is 11.6 Å². The molecule has 0 atom stereocenters. The Bertz CT molecular complexity index is 2240. The van der Waals surface area contributed by atoms with E-state index in [0.717, 1.165) is 36.2 Å². The lowest BCUT2D eigenvalue weighted by atomic mass is 10.1. The van der Waals surface area contributed by atoms with Gasteiger partial charge in [-0.25, -0.2) is 8.78 Å². The van der Waals surface area contributed by atoms with Crippen LogP contribution in [0.5, 0.6) is 5.75 Å². The summed E-state index contributed by atoms with van der Waals surface area (Å²) in [6, 6.07) is 32.2. The van der Waals surface area contributed by atoms with Crippen molar-refractivity contribution < 1.29 is 32.6 Å². The highest BCUT2D eigenvalue weighted by atomic mass is 79.9. The number of nitrogens with one attached hydrogen (secondary N) is 1. The molecule has 0 spiro atoms. The Balaban J connectivity index is 0.000000155. The summed E-state index contributed by atoms with van der Waals surface area (Å²) >= 11 is 7.00. The summed E-state index contributed by atoms with van der Waals surface area (Å²) in [6.07, 6.45) is 0. The van der Waals surface area contributed by atoms with Crippen molar-refractivity contribution in [1.29, 1.82) is 0 Å². The van der Waals surface area contributed by atoms with Crippen molar-refractivity contribution in [3.8, 4) is 5.75 Å². The minimum absolute atomic E-state index is 0.219. The highest BCUT2D eigenvalue weighted by molar-refractivity contribution is 9.11. The number of ether oxygens (including phenoxy) is 3. The molecule has 0 saturated carbocycles. The van der Waals surface area contributed by atoms with E-state index in [1.807, 2.05) is 76.5 Å². The summed E-state index contributed by atoms with van der Waals surface area (Å²) in [5.41, 5.74) is 9.02. The van der Waals surface area contributed by atoms with Gasteiger partial charge in [0.15, 0.2) is 0 Å². The number of fused-ring (bicyclic) bond motifs is 2. The van der Waals surface area contributed by atoms with Gasteiger partial charge in [-0.15, -0.1) is 0 Å². The van der Waals surface area contributed by atoms with Crippen LogP contribution in [-0.4, -0.2) is 65.0 Å². The molecule has 55 heavy (non-hydrogen) atoms. The van der Waals surface area contributed by atoms with Gasteiger partial charge in [0, 0.05) is 86.3 Å². The number of halogens is 4. The number of anilines is 4. The normalized spacial score (nSPS) is 14.0. The van der Waals surface area contributed by atoms with Crippen LogP contribution in [0.1, 0.15) is 10.4 Å². The number of nitrogens with zero attached hydrogens (tertiary/aromatic N) is 2. The molecule has 0 unspecified atom stereocenters. The monoisotopic (exact) mass is 874 g/mol. The summed E-state index contributed by atoms with van der Waals surface area (Å²) in [5, 5.41) is 7.11. The van der Waals surface area contributed by atoms with Crippen LogP contribution >= 0.6 is 31.9 Å². The molecule has 8 rings (SSSR count). The Kier molecular flexibility index (Phi) is 13.7. The molecule has 2 heterocycles. The van der Waals surface area contributed by atoms with Crippen molar-refractivity contribution in [2.24, 2.45) is 0 Å². The number of carbonyl (C=O) groups is 2. The number of amides is 1. The van der Waals surface area contributed by atoms with Gasteiger partial charge in [0.05, 0.1) is 26.4 Å². The zero-order valence-electron chi connectivity index (χ0n) is 29.7. The fourth-order valence-corrected chi connectivity index (χ4v) is 7.19. The van der Waals surface area contributed by atoms with E-state index >= 15 is 0 Å². The Labute approximate surface area is 334 Å². The molecule has 1 amide bonds. The van der Waals surface area contributed by atoms with Crippen molar-refractivity contribution >= 4 is 88.5 Å². The molecule has 9 nitrogen and oxygen atoms in total. The minimum atomic E-state index is -0.426. The van der Waals surface area contributed by atoms with Gasteiger partial charge in [-0.2, -0.15) is 0 Å². The topological polar surface area (TPSA) is 106 Å². The van der Waals surface area contributed by atoms with E-state index in [4.69, 9.17) is 15.2 Å². The molecule has 13 heteroatoms. The molecule has 6 aromatic rings. The van der Waals surface area contributed by atoms with Gasteiger partial charge in [0.25, 0.3) is 12.4 Å². The zero-order valence-corrected chi connectivity index (χ0v) is 32.8. The van der Waals surface area contributed by atoms with Gasteiger partial charge in [0.2, 0.25) is 0 Å². The number of hydrogen-bond donors (Lipinski definition) is 2. The van der Waals surface area contributed by atoms with E-state index in [2.05, 4.69) is 48.0 Å². The lowest BCUT2D eigenvalue weighted by molar-refractivity contribution is -0.120. The Morgan fingerprint density at radius 1 is 0.673 bits per heavy atom. The lowest BCUT2D eigenvalue weighted by Crippen LogP contribution is -2.36. The summed E-state index contributed by atoms with van der Waals surface area (Å²) in [4.78, 5) is 27.0. The maximum absolute atomic E-state index is 14.1. The van der Waals surface area contributed by atoms with E-state index in [0.29, 0.717) is 75.2 Å². The van der Waals surface area contributed by atoms with Gasteiger partial charge in [-0.05, 0) is 59.3 Å². The van der Waals surface area contributed by atoms with Gasteiger partial charge in [-0.3, -0.25) is 9.59 Å². The summed E-state index contributed by atoms with van der Waals surface area (Å²) in [6.45, 7) is 5.53. The number of morpholine rings is 2.